The Kier molecular flexibility index (Phi) is 8.22. The fraction of sp³-hybridized carbons (Fsp3) is 0.571. The minimum absolute atomic E-state index is 0.0197. The monoisotopic (exact) mass is 662 g/mol. The predicted molar refractivity (Wildman–Crippen MR) is 104 cm³/mol. The quantitative estimate of drug-likeness (QED) is 0.198. The second kappa shape index (κ2) is 10.3. The highest BCUT2D eigenvalue weighted by atomic mass is 19.4. The van der Waals surface area contributed by atoms with E-state index in [2.05, 4.69) is 9.97 Å². The number of aromatic nitrogens is 2. The molecule has 2 aromatic rings. The van der Waals surface area contributed by atoms with Crippen LogP contribution in [0.3, 0.4) is 0 Å². The molecule has 2 atom stereocenters. The predicted octanol–water partition coefficient (Wildman–Crippen LogP) is 7.26. The van der Waals surface area contributed by atoms with Gasteiger partial charge in [0.05, 0.1) is 23.7 Å². The summed E-state index contributed by atoms with van der Waals surface area (Å²) >= 11 is 0. The maximum Gasteiger partial charge on any atom is 0.460 e. The molecule has 1 aromatic carbocycles. The van der Waals surface area contributed by atoms with E-state index >= 15 is 0 Å². The van der Waals surface area contributed by atoms with Crippen LogP contribution in [-0.2, 0) is 9.47 Å². The fourth-order valence-electron chi connectivity index (χ4n) is 3.60. The summed E-state index contributed by atoms with van der Waals surface area (Å²) in [6.45, 7) is -1.28. The summed E-state index contributed by atoms with van der Waals surface area (Å²) in [4.78, 5) is 19.0. The molecule has 43 heavy (non-hydrogen) atoms. The summed E-state index contributed by atoms with van der Waals surface area (Å²) in [7, 11) is 0. The van der Waals surface area contributed by atoms with Crippen molar-refractivity contribution in [2.24, 2.45) is 0 Å². The van der Waals surface area contributed by atoms with Gasteiger partial charge in [-0.15, -0.1) is 0 Å². The Morgan fingerprint density at radius 3 is 1.58 bits per heavy atom. The maximum absolute atomic E-state index is 14.3. The number of alkyl halides is 17. The molecular formula is C21H11F17N2O3. The van der Waals surface area contributed by atoms with Crippen molar-refractivity contribution in [1.82, 2.24) is 9.97 Å². The van der Waals surface area contributed by atoms with Gasteiger partial charge in [0.1, 0.15) is 11.4 Å². The highest BCUT2D eigenvalue weighted by Crippen LogP contribution is 2.64. The molecule has 5 nitrogen and oxygen atoms in total. The number of carbonyl (C=O) groups excluding carboxylic acids is 1. The summed E-state index contributed by atoms with van der Waals surface area (Å²) in [5.74, 6) is -57.1. The molecule has 0 saturated carbocycles. The largest absolute Gasteiger partial charge is 0.460 e. The first-order chi connectivity index (χ1) is 19.2. The van der Waals surface area contributed by atoms with Gasteiger partial charge in [0.15, 0.2) is 6.29 Å². The number of halogens is 17. The summed E-state index contributed by atoms with van der Waals surface area (Å²) in [5.41, 5.74) is -1.05. The van der Waals surface area contributed by atoms with Crippen molar-refractivity contribution in [1.29, 1.82) is 0 Å². The summed E-state index contributed by atoms with van der Waals surface area (Å²) in [6, 6.07) is 5.50. The smallest absolute Gasteiger partial charge is 0.344 e. The van der Waals surface area contributed by atoms with Gasteiger partial charge in [-0.3, -0.25) is 4.79 Å². The first-order valence-electron chi connectivity index (χ1n) is 10.9. The van der Waals surface area contributed by atoms with Gasteiger partial charge in [-0.1, -0.05) is 12.1 Å². The summed E-state index contributed by atoms with van der Waals surface area (Å²) in [6.07, 6.45) is -15.2. The van der Waals surface area contributed by atoms with Crippen LogP contribution in [0.1, 0.15) is 28.9 Å². The molecule has 2 unspecified atom stereocenters. The number of ether oxygens (including phenoxy) is 2. The molecular weight excluding hydrogens is 651 g/mol. The lowest BCUT2D eigenvalue weighted by Gasteiger charge is -2.43. The third kappa shape index (κ3) is 5.02. The van der Waals surface area contributed by atoms with Crippen LogP contribution in [0, 0.1) is 0 Å². The number of rotatable bonds is 10. The zero-order valence-corrected chi connectivity index (χ0v) is 20.0. The van der Waals surface area contributed by atoms with Crippen molar-refractivity contribution < 1.29 is 88.9 Å². The van der Waals surface area contributed by atoms with Crippen LogP contribution in [0.2, 0.25) is 0 Å². The van der Waals surface area contributed by atoms with Crippen molar-refractivity contribution in [2.75, 3.05) is 6.61 Å². The molecule has 22 heteroatoms. The van der Waals surface area contributed by atoms with E-state index < -0.39 is 84.4 Å². The van der Waals surface area contributed by atoms with Gasteiger partial charge in [0, 0.05) is 6.42 Å². The summed E-state index contributed by atoms with van der Waals surface area (Å²) in [5, 5.41) is 0. The number of benzene rings is 1. The molecule has 0 radical (unpaired) electrons. The van der Waals surface area contributed by atoms with Crippen LogP contribution < -0.4 is 0 Å². The van der Waals surface area contributed by atoms with Crippen molar-refractivity contribution in [2.45, 2.75) is 66.4 Å². The second-order valence-corrected chi connectivity index (χ2v) is 8.88. The highest BCUT2D eigenvalue weighted by molar-refractivity contribution is 5.81. The number of nitrogens with zero attached hydrogens (tertiary/aromatic N) is 2. The SMILES string of the molecule is O=Cc1nc2ccccc2nc1C1OCC(CC(F)(F)C(F)(F)C(F)(F)C(F)(F)C(F)(F)C(F)(F)C(F)(F)C(F)(F)F)O1. The van der Waals surface area contributed by atoms with Crippen LogP contribution in [0.25, 0.3) is 11.0 Å². The number of hydrogen-bond acceptors (Lipinski definition) is 5. The molecule has 2 heterocycles. The molecule has 1 saturated heterocycles. The van der Waals surface area contributed by atoms with Crippen LogP contribution in [-0.4, -0.2) is 76.6 Å². The average Bonchev–Trinajstić information content (AvgIpc) is 3.33. The molecule has 0 amide bonds. The standard InChI is InChI=1S/C21H11F17N2O3/c22-14(23,5-8-7-42-13(43-8)12-11(6-41)39-9-3-1-2-4-10(9)40-12)15(24,25)16(26,27)17(28,29)18(30,31)19(32,33)20(34,35)21(36,37)38/h1-4,6,8,13H,5,7H2. The molecule has 1 fully saturated rings. The minimum atomic E-state index is -8.71. The number of aldehydes is 1. The second-order valence-electron chi connectivity index (χ2n) is 8.88. The zero-order chi connectivity index (χ0) is 33.2. The van der Waals surface area contributed by atoms with Gasteiger partial charge in [-0.05, 0) is 12.1 Å². The van der Waals surface area contributed by atoms with Crippen molar-refractivity contribution >= 4 is 17.3 Å². The van der Waals surface area contributed by atoms with E-state index in [0.29, 0.717) is 0 Å². The topological polar surface area (TPSA) is 61.3 Å². The van der Waals surface area contributed by atoms with Gasteiger partial charge >= 0.3 is 47.6 Å². The van der Waals surface area contributed by atoms with Crippen LogP contribution >= 0.6 is 0 Å². The van der Waals surface area contributed by atoms with Crippen LogP contribution in [0.4, 0.5) is 74.6 Å². The third-order valence-electron chi connectivity index (χ3n) is 5.98. The van der Waals surface area contributed by atoms with Gasteiger partial charge in [-0.2, -0.15) is 74.6 Å². The zero-order valence-electron chi connectivity index (χ0n) is 20.0. The molecule has 1 aromatic heterocycles. The van der Waals surface area contributed by atoms with E-state index in [-0.39, 0.29) is 17.3 Å². The molecule has 242 valence electrons. The molecule has 1 aliphatic rings. The molecule has 0 bridgehead atoms. The lowest BCUT2D eigenvalue weighted by molar-refractivity contribution is -0.462. The molecule has 0 aliphatic carbocycles. The Labute approximate surface area is 225 Å². The Hall–Kier alpha value is -3.04. The number of fused-ring (bicyclic) bond motifs is 1. The molecule has 3 rings (SSSR count). The number of hydrogen-bond donors (Lipinski definition) is 0. The summed E-state index contributed by atoms with van der Waals surface area (Å²) < 4.78 is 238. The van der Waals surface area contributed by atoms with E-state index in [1.807, 2.05) is 0 Å². The van der Waals surface area contributed by atoms with Gasteiger partial charge in [0.2, 0.25) is 6.29 Å². The minimum Gasteiger partial charge on any atom is -0.344 e. The van der Waals surface area contributed by atoms with E-state index in [1.54, 1.807) is 0 Å². The molecule has 0 spiro atoms. The molecule has 1 aliphatic heterocycles. The lowest BCUT2D eigenvalue weighted by atomic mass is 9.88. The van der Waals surface area contributed by atoms with Crippen LogP contribution in [0.15, 0.2) is 24.3 Å². The maximum atomic E-state index is 14.3. The normalized spacial score (nSPS) is 20.1. The van der Waals surface area contributed by atoms with Gasteiger partial charge in [0.25, 0.3) is 0 Å². The number of carbonyl (C=O) groups is 1. The fourth-order valence-corrected chi connectivity index (χ4v) is 3.60. The average molecular weight is 662 g/mol. The van der Waals surface area contributed by atoms with E-state index in [1.165, 1.54) is 24.3 Å². The van der Waals surface area contributed by atoms with E-state index in [0.717, 1.165) is 0 Å². The van der Waals surface area contributed by atoms with E-state index in [4.69, 9.17) is 9.47 Å². The first-order valence-corrected chi connectivity index (χ1v) is 10.9. The Morgan fingerprint density at radius 1 is 0.674 bits per heavy atom. The van der Waals surface area contributed by atoms with Crippen molar-refractivity contribution in [3.63, 3.8) is 0 Å². The van der Waals surface area contributed by atoms with E-state index in [9.17, 15) is 79.4 Å². The van der Waals surface area contributed by atoms with Gasteiger partial charge in [-0.25, -0.2) is 9.97 Å². The Morgan fingerprint density at radius 2 is 1.12 bits per heavy atom. The molecule has 0 N–H and O–H groups in total. The third-order valence-corrected chi connectivity index (χ3v) is 5.98. The van der Waals surface area contributed by atoms with Crippen molar-refractivity contribution in [3.05, 3.63) is 35.7 Å². The van der Waals surface area contributed by atoms with Crippen molar-refractivity contribution in [3.8, 4) is 0 Å². The Balaban J connectivity index is 1.91. The van der Waals surface area contributed by atoms with Crippen LogP contribution in [0.5, 0.6) is 0 Å². The van der Waals surface area contributed by atoms with Gasteiger partial charge < -0.3 is 9.47 Å². The number of para-hydroxylation sites is 2. The Bertz CT molecular complexity index is 1360. The highest BCUT2D eigenvalue weighted by Gasteiger charge is 2.95. The lowest BCUT2D eigenvalue weighted by Crippen LogP contribution is -2.74. The first kappa shape index (κ1) is 34.5.